The summed E-state index contributed by atoms with van der Waals surface area (Å²) in [5.41, 5.74) is 0.851. The number of carbonyl (C=O) groups excluding carboxylic acids is 1. The monoisotopic (exact) mass is 388 g/mol. The van der Waals surface area contributed by atoms with Gasteiger partial charge in [0.1, 0.15) is 12.1 Å². The minimum absolute atomic E-state index is 0.207. The van der Waals surface area contributed by atoms with Crippen LogP contribution in [0, 0.1) is 0 Å². The van der Waals surface area contributed by atoms with Crippen LogP contribution in [0.1, 0.15) is 0 Å². The first kappa shape index (κ1) is 17.9. The van der Waals surface area contributed by atoms with E-state index in [4.69, 9.17) is 0 Å². The van der Waals surface area contributed by atoms with Gasteiger partial charge in [-0.15, -0.1) is 5.10 Å². The molecule has 4 rings (SSSR count). The van der Waals surface area contributed by atoms with Crippen molar-refractivity contribution in [2.24, 2.45) is 0 Å². The van der Waals surface area contributed by atoms with Crippen molar-refractivity contribution in [3.63, 3.8) is 0 Å². The van der Waals surface area contributed by atoms with Gasteiger partial charge >= 0.3 is 0 Å². The highest BCUT2D eigenvalue weighted by Crippen LogP contribution is 2.33. The van der Waals surface area contributed by atoms with Gasteiger partial charge in [0.15, 0.2) is 0 Å². The highest BCUT2D eigenvalue weighted by atomic mass is 32.2. The normalized spacial score (nSPS) is 10.7. The molecule has 138 valence electrons. The topological polar surface area (TPSA) is 76.9 Å². The van der Waals surface area contributed by atoms with Gasteiger partial charge in [-0.3, -0.25) is 9.59 Å². The van der Waals surface area contributed by atoms with E-state index in [1.54, 1.807) is 36.0 Å². The first-order chi connectivity index (χ1) is 13.7. The number of carbonyl (C=O) groups is 1. The number of aromatic nitrogens is 3. The SMILES string of the molecule is O=C(Cn1nnc2ccccc2c1=O)Nc1ccccc1Sc1ccccc1. The lowest BCUT2D eigenvalue weighted by Gasteiger charge is -2.11. The van der Waals surface area contributed by atoms with Gasteiger partial charge < -0.3 is 5.32 Å². The quantitative estimate of drug-likeness (QED) is 0.565. The highest BCUT2D eigenvalue weighted by Gasteiger charge is 2.12. The Balaban J connectivity index is 1.53. The summed E-state index contributed by atoms with van der Waals surface area (Å²) in [6, 6.07) is 24.4. The van der Waals surface area contributed by atoms with Crippen molar-refractivity contribution in [3.8, 4) is 0 Å². The van der Waals surface area contributed by atoms with Crippen molar-refractivity contribution in [1.29, 1.82) is 0 Å². The van der Waals surface area contributed by atoms with Crippen LogP contribution in [0.3, 0.4) is 0 Å². The molecule has 1 amide bonds. The molecule has 0 unspecified atom stereocenters. The summed E-state index contributed by atoms with van der Waals surface area (Å²) in [4.78, 5) is 27.0. The number of fused-ring (bicyclic) bond motifs is 1. The Kier molecular flexibility index (Phi) is 5.16. The van der Waals surface area contributed by atoms with E-state index in [0.29, 0.717) is 16.6 Å². The van der Waals surface area contributed by atoms with E-state index < -0.39 is 0 Å². The van der Waals surface area contributed by atoms with E-state index in [1.165, 1.54) is 0 Å². The smallest absolute Gasteiger partial charge is 0.278 e. The average molecular weight is 388 g/mol. The number of hydrogen-bond donors (Lipinski definition) is 1. The molecule has 1 heterocycles. The Morgan fingerprint density at radius 1 is 0.929 bits per heavy atom. The molecule has 0 aliphatic rings. The van der Waals surface area contributed by atoms with E-state index in [-0.39, 0.29) is 18.0 Å². The van der Waals surface area contributed by atoms with Crippen molar-refractivity contribution in [2.45, 2.75) is 16.3 Å². The van der Waals surface area contributed by atoms with Gasteiger partial charge in [-0.2, -0.15) is 0 Å². The lowest BCUT2D eigenvalue weighted by Crippen LogP contribution is -2.30. The Labute approximate surface area is 165 Å². The third-order valence-electron chi connectivity index (χ3n) is 4.05. The third-order valence-corrected chi connectivity index (χ3v) is 5.14. The van der Waals surface area contributed by atoms with E-state index in [0.717, 1.165) is 14.5 Å². The molecule has 0 aliphatic carbocycles. The van der Waals surface area contributed by atoms with E-state index in [9.17, 15) is 9.59 Å². The van der Waals surface area contributed by atoms with Crippen molar-refractivity contribution >= 4 is 34.3 Å². The van der Waals surface area contributed by atoms with Crippen LogP contribution in [0.4, 0.5) is 5.69 Å². The second-order valence-corrected chi connectivity index (χ2v) is 7.14. The van der Waals surface area contributed by atoms with E-state index >= 15 is 0 Å². The standard InChI is InChI=1S/C21H16N4O2S/c26-20(14-25-21(27)16-10-4-5-11-17(16)23-24-25)22-18-12-6-7-13-19(18)28-15-8-2-1-3-9-15/h1-13H,14H2,(H,22,26). The van der Waals surface area contributed by atoms with Crippen molar-refractivity contribution in [1.82, 2.24) is 15.0 Å². The molecular weight excluding hydrogens is 372 g/mol. The number of nitrogens with zero attached hydrogens (tertiary/aromatic N) is 3. The largest absolute Gasteiger partial charge is 0.323 e. The molecule has 7 heteroatoms. The zero-order valence-corrected chi connectivity index (χ0v) is 15.6. The first-order valence-corrected chi connectivity index (χ1v) is 9.47. The molecule has 0 radical (unpaired) electrons. The number of rotatable bonds is 5. The summed E-state index contributed by atoms with van der Waals surface area (Å²) < 4.78 is 1.07. The summed E-state index contributed by atoms with van der Waals surface area (Å²) >= 11 is 1.56. The molecule has 6 nitrogen and oxygen atoms in total. The summed E-state index contributed by atoms with van der Waals surface area (Å²) in [6.07, 6.45) is 0. The average Bonchev–Trinajstić information content (AvgIpc) is 2.72. The van der Waals surface area contributed by atoms with Crippen molar-refractivity contribution in [2.75, 3.05) is 5.32 Å². The molecule has 28 heavy (non-hydrogen) atoms. The Morgan fingerprint density at radius 3 is 2.50 bits per heavy atom. The fraction of sp³-hybridized carbons (Fsp3) is 0.0476. The summed E-state index contributed by atoms with van der Waals surface area (Å²) in [5.74, 6) is -0.340. The van der Waals surface area contributed by atoms with Crippen molar-refractivity contribution in [3.05, 3.63) is 89.2 Å². The van der Waals surface area contributed by atoms with Crippen LogP contribution in [0.15, 0.2) is 93.4 Å². The van der Waals surface area contributed by atoms with Gasteiger partial charge in [0, 0.05) is 9.79 Å². The van der Waals surface area contributed by atoms with Crippen LogP contribution in [0.25, 0.3) is 10.9 Å². The second kappa shape index (κ2) is 8.06. The highest BCUT2D eigenvalue weighted by molar-refractivity contribution is 7.99. The molecule has 0 bridgehead atoms. The van der Waals surface area contributed by atoms with E-state index in [1.807, 2.05) is 54.6 Å². The second-order valence-electron chi connectivity index (χ2n) is 6.03. The lowest BCUT2D eigenvalue weighted by molar-refractivity contribution is -0.117. The maximum atomic E-state index is 12.5. The molecule has 0 saturated carbocycles. The number of nitrogens with one attached hydrogen (secondary N) is 1. The number of benzene rings is 3. The predicted octanol–water partition coefficient (Wildman–Crippen LogP) is 3.58. The maximum absolute atomic E-state index is 12.5. The Morgan fingerprint density at radius 2 is 1.64 bits per heavy atom. The third kappa shape index (κ3) is 3.94. The number of amides is 1. The van der Waals surface area contributed by atoms with Crippen LogP contribution in [0.5, 0.6) is 0 Å². The lowest BCUT2D eigenvalue weighted by atomic mass is 10.2. The summed E-state index contributed by atoms with van der Waals surface area (Å²) in [6.45, 7) is -0.207. The molecule has 0 spiro atoms. The van der Waals surface area contributed by atoms with Crippen LogP contribution in [-0.4, -0.2) is 20.9 Å². The van der Waals surface area contributed by atoms with Gasteiger partial charge in [-0.1, -0.05) is 59.4 Å². The summed E-state index contributed by atoms with van der Waals surface area (Å²) in [5, 5.41) is 11.2. The Bertz CT molecular complexity index is 1190. The molecular formula is C21H16N4O2S. The fourth-order valence-corrected chi connectivity index (χ4v) is 3.65. The number of anilines is 1. The van der Waals surface area contributed by atoms with Crippen molar-refractivity contribution < 1.29 is 4.79 Å². The van der Waals surface area contributed by atoms with Gasteiger partial charge in [0.2, 0.25) is 5.91 Å². The van der Waals surface area contributed by atoms with Gasteiger partial charge in [-0.05, 0) is 36.4 Å². The van der Waals surface area contributed by atoms with Crippen LogP contribution in [-0.2, 0) is 11.3 Å². The zero-order chi connectivity index (χ0) is 19.3. The molecule has 1 aromatic heterocycles. The maximum Gasteiger partial charge on any atom is 0.278 e. The van der Waals surface area contributed by atoms with Gasteiger partial charge in [0.25, 0.3) is 5.56 Å². The fourth-order valence-electron chi connectivity index (χ4n) is 2.73. The Hall–Kier alpha value is -3.45. The number of para-hydroxylation sites is 1. The van der Waals surface area contributed by atoms with Crippen LogP contribution < -0.4 is 10.9 Å². The predicted molar refractivity (Wildman–Crippen MR) is 109 cm³/mol. The van der Waals surface area contributed by atoms with Crippen LogP contribution >= 0.6 is 11.8 Å². The number of hydrogen-bond acceptors (Lipinski definition) is 5. The molecule has 4 aromatic rings. The zero-order valence-electron chi connectivity index (χ0n) is 14.8. The van der Waals surface area contributed by atoms with E-state index in [2.05, 4.69) is 15.6 Å². The molecule has 0 saturated heterocycles. The minimum Gasteiger partial charge on any atom is -0.323 e. The van der Waals surface area contributed by atoms with Gasteiger partial charge in [-0.25, -0.2) is 4.68 Å². The molecule has 3 aromatic carbocycles. The molecule has 0 aliphatic heterocycles. The summed E-state index contributed by atoms with van der Waals surface area (Å²) in [7, 11) is 0. The van der Waals surface area contributed by atoms with Crippen LogP contribution in [0.2, 0.25) is 0 Å². The van der Waals surface area contributed by atoms with Gasteiger partial charge in [0.05, 0.1) is 11.1 Å². The molecule has 0 fully saturated rings. The minimum atomic E-state index is -0.340. The molecule has 0 atom stereocenters. The first-order valence-electron chi connectivity index (χ1n) is 8.65. The molecule has 1 N–H and O–H groups in total.